The molecule has 1 aromatic heterocycles. The molecule has 1 aliphatic heterocycles. The van der Waals surface area contributed by atoms with E-state index in [0.29, 0.717) is 23.3 Å². The molecule has 6 nitrogen and oxygen atoms in total. The van der Waals surface area contributed by atoms with Gasteiger partial charge in [0.15, 0.2) is 0 Å². The van der Waals surface area contributed by atoms with Crippen LogP contribution in [0.2, 0.25) is 0 Å². The summed E-state index contributed by atoms with van der Waals surface area (Å²) in [5, 5.41) is 0.566. The Morgan fingerprint density at radius 2 is 1.87 bits per heavy atom. The van der Waals surface area contributed by atoms with Crippen LogP contribution in [0.1, 0.15) is 45.5 Å². The number of carbonyl (C=O) groups excluding carboxylic acids is 1. The van der Waals surface area contributed by atoms with Crippen molar-refractivity contribution in [2.24, 2.45) is 0 Å². The van der Waals surface area contributed by atoms with Gasteiger partial charge in [-0.1, -0.05) is 24.3 Å². The van der Waals surface area contributed by atoms with Crippen molar-refractivity contribution >= 4 is 39.6 Å². The van der Waals surface area contributed by atoms with Crippen LogP contribution in [0.25, 0.3) is 16.6 Å². The third kappa shape index (κ3) is 3.95. The summed E-state index contributed by atoms with van der Waals surface area (Å²) in [5.41, 5.74) is 0.689. The van der Waals surface area contributed by atoms with Crippen molar-refractivity contribution in [1.82, 2.24) is 14.5 Å². The summed E-state index contributed by atoms with van der Waals surface area (Å²) >= 11 is 2.20. The van der Waals surface area contributed by atoms with E-state index in [9.17, 15) is 9.59 Å². The van der Waals surface area contributed by atoms with Crippen LogP contribution in [0.5, 0.6) is 0 Å². The Labute approximate surface area is 189 Å². The number of nitrogens with zero attached hydrogens (tertiary/aromatic N) is 3. The number of para-hydroxylation sites is 2. The van der Waals surface area contributed by atoms with Gasteiger partial charge in [-0.15, -0.1) is 0 Å². The zero-order valence-electron chi connectivity index (χ0n) is 17.3. The largest absolute Gasteiger partial charge is 0.444 e. The standard InChI is InChI=1S/C23H24IN3O3/c1-23(2,3)30-22(29)26-14-8-13-18(26)20-25-19-16(11-7-12-17(19)24)21(28)27(20)15-9-5-4-6-10-15/h4-7,9-12,18H,8,13-14H2,1-3H3/t18-/m0/s1. The van der Waals surface area contributed by atoms with E-state index in [1.54, 1.807) is 15.5 Å². The van der Waals surface area contributed by atoms with Crippen molar-refractivity contribution in [2.75, 3.05) is 6.54 Å². The Morgan fingerprint density at radius 1 is 1.13 bits per heavy atom. The molecule has 2 heterocycles. The predicted octanol–water partition coefficient (Wildman–Crippen LogP) is 5.06. The first-order valence-corrected chi connectivity index (χ1v) is 11.1. The van der Waals surface area contributed by atoms with Gasteiger partial charge in [0.25, 0.3) is 5.56 Å². The summed E-state index contributed by atoms with van der Waals surface area (Å²) in [6.45, 7) is 6.14. The summed E-state index contributed by atoms with van der Waals surface area (Å²) in [6.07, 6.45) is 1.19. The first-order chi connectivity index (χ1) is 14.3. The lowest BCUT2D eigenvalue weighted by Gasteiger charge is -2.29. The van der Waals surface area contributed by atoms with E-state index >= 15 is 0 Å². The number of hydrogen-bond donors (Lipinski definition) is 0. The molecule has 156 valence electrons. The maximum absolute atomic E-state index is 13.5. The van der Waals surface area contributed by atoms with Gasteiger partial charge in [-0.3, -0.25) is 14.3 Å². The van der Waals surface area contributed by atoms with Crippen LogP contribution < -0.4 is 5.56 Å². The summed E-state index contributed by atoms with van der Waals surface area (Å²) in [6, 6.07) is 14.8. The van der Waals surface area contributed by atoms with Crippen molar-refractivity contribution in [3.63, 3.8) is 0 Å². The van der Waals surface area contributed by atoms with Crippen molar-refractivity contribution in [3.05, 3.63) is 68.3 Å². The minimum Gasteiger partial charge on any atom is -0.444 e. The minimum atomic E-state index is -0.588. The molecule has 0 unspecified atom stereocenters. The number of fused-ring (bicyclic) bond motifs is 1. The van der Waals surface area contributed by atoms with Crippen molar-refractivity contribution in [3.8, 4) is 5.69 Å². The number of aromatic nitrogens is 2. The molecule has 30 heavy (non-hydrogen) atoms. The topological polar surface area (TPSA) is 64.4 Å². The molecule has 4 rings (SSSR count). The first-order valence-electron chi connectivity index (χ1n) is 10.0. The van der Waals surface area contributed by atoms with Gasteiger partial charge >= 0.3 is 6.09 Å². The molecule has 0 aliphatic carbocycles. The molecule has 0 N–H and O–H groups in total. The van der Waals surface area contributed by atoms with Gasteiger partial charge in [-0.2, -0.15) is 0 Å². The maximum atomic E-state index is 13.5. The van der Waals surface area contributed by atoms with Crippen molar-refractivity contribution < 1.29 is 9.53 Å². The highest BCUT2D eigenvalue weighted by molar-refractivity contribution is 14.1. The number of hydrogen-bond acceptors (Lipinski definition) is 4. The van der Waals surface area contributed by atoms with Gasteiger partial charge in [-0.25, -0.2) is 9.78 Å². The predicted molar refractivity (Wildman–Crippen MR) is 125 cm³/mol. The van der Waals surface area contributed by atoms with E-state index in [1.807, 2.05) is 63.2 Å². The highest BCUT2D eigenvalue weighted by atomic mass is 127. The molecular formula is C23H24IN3O3. The summed E-state index contributed by atoms with van der Waals surface area (Å²) in [7, 11) is 0. The molecule has 1 aliphatic rings. The van der Waals surface area contributed by atoms with Crippen LogP contribution in [0.4, 0.5) is 4.79 Å². The van der Waals surface area contributed by atoms with Crippen LogP contribution in [-0.4, -0.2) is 32.7 Å². The van der Waals surface area contributed by atoms with Gasteiger partial charge in [-0.05, 0) is 80.5 Å². The summed E-state index contributed by atoms with van der Waals surface area (Å²) in [5.74, 6) is 0.575. The number of halogens is 1. The molecule has 1 saturated heterocycles. The number of ether oxygens (including phenoxy) is 1. The fraction of sp³-hybridized carbons (Fsp3) is 0.348. The van der Waals surface area contributed by atoms with Gasteiger partial charge < -0.3 is 4.74 Å². The number of carbonyl (C=O) groups is 1. The monoisotopic (exact) mass is 517 g/mol. The Balaban J connectivity index is 1.92. The Kier molecular flexibility index (Phi) is 5.57. The molecule has 7 heteroatoms. The minimum absolute atomic E-state index is 0.129. The van der Waals surface area contributed by atoms with Crippen LogP contribution in [-0.2, 0) is 4.74 Å². The van der Waals surface area contributed by atoms with E-state index in [4.69, 9.17) is 9.72 Å². The second-order valence-electron chi connectivity index (χ2n) is 8.41. The smallest absolute Gasteiger partial charge is 0.410 e. The van der Waals surface area contributed by atoms with E-state index < -0.39 is 5.60 Å². The molecule has 3 aromatic rings. The lowest BCUT2D eigenvalue weighted by Crippen LogP contribution is -2.38. The zero-order valence-corrected chi connectivity index (χ0v) is 19.4. The molecular weight excluding hydrogens is 493 g/mol. The molecule has 0 radical (unpaired) electrons. The second-order valence-corrected chi connectivity index (χ2v) is 9.58. The Morgan fingerprint density at radius 3 is 2.57 bits per heavy atom. The number of benzene rings is 2. The zero-order chi connectivity index (χ0) is 21.5. The lowest BCUT2D eigenvalue weighted by atomic mass is 10.1. The van der Waals surface area contributed by atoms with Gasteiger partial charge in [0, 0.05) is 10.1 Å². The fourth-order valence-corrected chi connectivity index (χ4v) is 4.43. The van der Waals surface area contributed by atoms with Gasteiger partial charge in [0.2, 0.25) is 0 Å². The SMILES string of the molecule is CC(C)(C)OC(=O)N1CCC[C@H]1c1nc2c(I)cccc2c(=O)n1-c1ccccc1. The van der Waals surface area contributed by atoms with Gasteiger partial charge in [0.1, 0.15) is 11.4 Å². The van der Waals surface area contributed by atoms with Crippen LogP contribution >= 0.6 is 22.6 Å². The van der Waals surface area contributed by atoms with Gasteiger partial charge in [0.05, 0.1) is 22.6 Å². The van der Waals surface area contributed by atoms with Crippen LogP contribution in [0, 0.1) is 3.57 Å². The summed E-state index contributed by atoms with van der Waals surface area (Å²) < 4.78 is 8.18. The Bertz CT molecular complexity index is 1150. The van der Waals surface area contributed by atoms with Crippen molar-refractivity contribution in [1.29, 1.82) is 0 Å². The second kappa shape index (κ2) is 8.02. The first kappa shape index (κ1) is 20.8. The molecule has 0 saturated carbocycles. The van der Waals surface area contributed by atoms with Crippen LogP contribution in [0.15, 0.2) is 53.3 Å². The van der Waals surface area contributed by atoms with E-state index in [0.717, 1.165) is 22.1 Å². The average Bonchev–Trinajstić information content (AvgIpc) is 3.18. The van der Waals surface area contributed by atoms with Crippen molar-refractivity contribution in [2.45, 2.75) is 45.3 Å². The lowest BCUT2D eigenvalue weighted by molar-refractivity contribution is 0.0216. The normalized spacial score (nSPS) is 16.8. The highest BCUT2D eigenvalue weighted by Gasteiger charge is 2.36. The Hall–Kier alpha value is -2.42. The van der Waals surface area contributed by atoms with Crippen LogP contribution in [0.3, 0.4) is 0 Å². The third-order valence-electron chi connectivity index (χ3n) is 5.07. The maximum Gasteiger partial charge on any atom is 0.410 e. The highest BCUT2D eigenvalue weighted by Crippen LogP contribution is 2.34. The number of rotatable bonds is 2. The summed E-state index contributed by atoms with van der Waals surface area (Å²) in [4.78, 5) is 33.1. The molecule has 1 atom stereocenters. The molecule has 1 amide bonds. The average molecular weight is 517 g/mol. The number of amides is 1. The third-order valence-corrected chi connectivity index (χ3v) is 5.94. The van der Waals surface area contributed by atoms with E-state index in [1.165, 1.54) is 0 Å². The molecule has 2 aromatic carbocycles. The molecule has 0 bridgehead atoms. The molecule has 0 spiro atoms. The van der Waals surface area contributed by atoms with E-state index in [2.05, 4.69) is 22.6 Å². The number of likely N-dealkylation sites (tertiary alicyclic amines) is 1. The van der Waals surface area contributed by atoms with E-state index in [-0.39, 0.29) is 17.7 Å². The fourth-order valence-electron chi connectivity index (χ4n) is 3.81. The molecule has 1 fully saturated rings. The quantitative estimate of drug-likeness (QED) is 0.446.